The van der Waals surface area contributed by atoms with Crippen molar-refractivity contribution >= 4 is 23.2 Å². The Labute approximate surface area is 200 Å². The summed E-state index contributed by atoms with van der Waals surface area (Å²) in [7, 11) is 0. The van der Waals surface area contributed by atoms with Crippen molar-refractivity contribution in [3.63, 3.8) is 0 Å². The van der Waals surface area contributed by atoms with Gasteiger partial charge in [0.15, 0.2) is 5.82 Å². The molecular weight excluding hydrogens is 436 g/mol. The summed E-state index contributed by atoms with van der Waals surface area (Å²) in [6.45, 7) is 9.90. The van der Waals surface area contributed by atoms with Crippen molar-refractivity contribution in [2.24, 2.45) is 0 Å². The summed E-state index contributed by atoms with van der Waals surface area (Å²) in [5, 5.41) is 0.690. The average molecular weight is 465 g/mol. The number of morpholine rings is 1. The Balaban J connectivity index is 1.39. The fourth-order valence-electron chi connectivity index (χ4n) is 4.43. The van der Waals surface area contributed by atoms with Crippen molar-refractivity contribution in [2.75, 3.05) is 62.3 Å². The first kappa shape index (κ1) is 22.1. The fourth-order valence-corrected chi connectivity index (χ4v) is 4.62. The highest BCUT2D eigenvalue weighted by atomic mass is 35.5. The zero-order valence-electron chi connectivity index (χ0n) is 19.0. The largest absolute Gasteiger partial charge is 0.379 e. The van der Waals surface area contributed by atoms with E-state index in [4.69, 9.17) is 26.3 Å². The number of nitrogens with zero attached hydrogens (tertiary/aromatic N) is 6. The lowest BCUT2D eigenvalue weighted by molar-refractivity contribution is 0.0336. The van der Waals surface area contributed by atoms with Gasteiger partial charge in [0.1, 0.15) is 11.6 Å². The molecule has 0 bridgehead atoms. The molecule has 0 spiro atoms. The summed E-state index contributed by atoms with van der Waals surface area (Å²) in [6, 6.07) is 14.0. The summed E-state index contributed by atoms with van der Waals surface area (Å²) in [5.74, 6) is 2.77. The van der Waals surface area contributed by atoms with E-state index in [1.807, 2.05) is 36.5 Å². The number of aryl methyl sites for hydroxylation is 1. The Hall–Kier alpha value is -2.74. The molecule has 4 heterocycles. The molecule has 2 fully saturated rings. The second-order valence-corrected chi connectivity index (χ2v) is 8.99. The summed E-state index contributed by atoms with van der Waals surface area (Å²) in [4.78, 5) is 21.6. The molecule has 5 rings (SSSR count). The third-order valence-corrected chi connectivity index (χ3v) is 6.46. The molecule has 0 radical (unpaired) electrons. The molecule has 0 saturated carbocycles. The maximum Gasteiger partial charge on any atom is 0.161 e. The van der Waals surface area contributed by atoms with Crippen LogP contribution in [0.4, 0.5) is 11.6 Å². The van der Waals surface area contributed by atoms with E-state index in [0.29, 0.717) is 5.02 Å². The molecule has 3 aromatic rings. The van der Waals surface area contributed by atoms with Gasteiger partial charge in [-0.05, 0) is 30.7 Å². The van der Waals surface area contributed by atoms with Gasteiger partial charge >= 0.3 is 0 Å². The minimum Gasteiger partial charge on any atom is -0.379 e. The van der Waals surface area contributed by atoms with E-state index >= 15 is 0 Å². The minimum atomic E-state index is 0.690. The van der Waals surface area contributed by atoms with Crippen LogP contribution >= 0.6 is 11.6 Å². The summed E-state index contributed by atoms with van der Waals surface area (Å²) in [6.07, 6.45) is 1.87. The lowest BCUT2D eigenvalue weighted by atomic mass is 10.2. The van der Waals surface area contributed by atoms with Crippen LogP contribution in [0.1, 0.15) is 11.3 Å². The number of aromatic nitrogens is 3. The molecule has 2 saturated heterocycles. The standard InChI is InChI=1S/C25H29ClN6O/c1-19-4-3-7-27-25(19)32-10-8-31(9-11-32)23-17-22(18-30-12-14-33-15-13-30)28-24(29-23)20-5-2-6-21(26)16-20/h2-7,16-17H,8-15,18H2,1H3. The van der Waals surface area contributed by atoms with Crippen LogP contribution in [0.15, 0.2) is 48.7 Å². The van der Waals surface area contributed by atoms with E-state index in [2.05, 4.69) is 38.7 Å². The zero-order valence-corrected chi connectivity index (χ0v) is 19.7. The van der Waals surface area contributed by atoms with Crippen LogP contribution in [-0.2, 0) is 11.3 Å². The van der Waals surface area contributed by atoms with Crippen LogP contribution in [0.3, 0.4) is 0 Å². The molecule has 0 aliphatic carbocycles. The Morgan fingerprint density at radius 2 is 1.70 bits per heavy atom. The molecule has 1 aromatic carbocycles. The lowest BCUT2D eigenvalue weighted by Crippen LogP contribution is -2.47. The monoisotopic (exact) mass is 464 g/mol. The SMILES string of the molecule is Cc1cccnc1N1CCN(c2cc(CN3CCOCC3)nc(-c3cccc(Cl)c3)n2)CC1. The molecular formula is C25H29ClN6O. The number of hydrogen-bond acceptors (Lipinski definition) is 7. The van der Waals surface area contributed by atoms with Gasteiger partial charge < -0.3 is 14.5 Å². The number of piperazine rings is 1. The zero-order chi connectivity index (χ0) is 22.6. The Morgan fingerprint density at radius 3 is 2.45 bits per heavy atom. The van der Waals surface area contributed by atoms with Crippen molar-refractivity contribution in [3.05, 3.63) is 64.9 Å². The Bertz CT molecular complexity index is 1100. The number of rotatable bonds is 5. The second kappa shape index (κ2) is 10.0. The number of ether oxygens (including phenoxy) is 1. The summed E-state index contributed by atoms with van der Waals surface area (Å²) < 4.78 is 5.51. The highest BCUT2D eigenvalue weighted by Crippen LogP contribution is 2.25. The third-order valence-electron chi connectivity index (χ3n) is 6.22. The number of halogens is 1. The topological polar surface area (TPSA) is 57.6 Å². The van der Waals surface area contributed by atoms with Gasteiger partial charge in [0.05, 0.1) is 18.9 Å². The Morgan fingerprint density at radius 1 is 0.909 bits per heavy atom. The maximum atomic E-state index is 6.27. The average Bonchev–Trinajstić information content (AvgIpc) is 2.85. The first-order valence-electron chi connectivity index (χ1n) is 11.5. The molecule has 33 heavy (non-hydrogen) atoms. The van der Waals surface area contributed by atoms with Crippen molar-refractivity contribution in [1.29, 1.82) is 0 Å². The highest BCUT2D eigenvalue weighted by Gasteiger charge is 2.22. The third kappa shape index (κ3) is 5.27. The van der Waals surface area contributed by atoms with Gasteiger partial charge in [0, 0.05) is 68.7 Å². The molecule has 2 aromatic heterocycles. The molecule has 8 heteroatoms. The number of hydrogen-bond donors (Lipinski definition) is 0. The van der Waals surface area contributed by atoms with Crippen LogP contribution in [0.25, 0.3) is 11.4 Å². The number of benzene rings is 1. The molecule has 2 aliphatic rings. The second-order valence-electron chi connectivity index (χ2n) is 8.56. The molecule has 172 valence electrons. The van der Waals surface area contributed by atoms with E-state index in [1.54, 1.807) is 0 Å². The molecule has 0 N–H and O–H groups in total. The molecule has 2 aliphatic heterocycles. The van der Waals surface area contributed by atoms with Gasteiger partial charge in [0.25, 0.3) is 0 Å². The molecule has 0 unspecified atom stereocenters. The highest BCUT2D eigenvalue weighted by molar-refractivity contribution is 6.30. The van der Waals surface area contributed by atoms with Crippen molar-refractivity contribution in [3.8, 4) is 11.4 Å². The fraction of sp³-hybridized carbons (Fsp3) is 0.400. The van der Waals surface area contributed by atoms with E-state index in [0.717, 1.165) is 87.7 Å². The van der Waals surface area contributed by atoms with E-state index < -0.39 is 0 Å². The van der Waals surface area contributed by atoms with Crippen molar-refractivity contribution in [2.45, 2.75) is 13.5 Å². The quantitative estimate of drug-likeness (QED) is 0.571. The molecule has 7 nitrogen and oxygen atoms in total. The van der Waals surface area contributed by atoms with Gasteiger partial charge in [-0.3, -0.25) is 4.90 Å². The lowest BCUT2D eigenvalue weighted by Gasteiger charge is -2.37. The van der Waals surface area contributed by atoms with Crippen LogP contribution < -0.4 is 9.80 Å². The van der Waals surface area contributed by atoms with Crippen molar-refractivity contribution in [1.82, 2.24) is 19.9 Å². The predicted octanol–water partition coefficient (Wildman–Crippen LogP) is 3.66. The summed E-state index contributed by atoms with van der Waals surface area (Å²) >= 11 is 6.27. The van der Waals surface area contributed by atoms with E-state index in [9.17, 15) is 0 Å². The van der Waals surface area contributed by atoms with Crippen LogP contribution in [-0.4, -0.2) is 72.3 Å². The molecule has 0 atom stereocenters. The van der Waals surface area contributed by atoms with E-state index in [1.165, 1.54) is 5.56 Å². The smallest absolute Gasteiger partial charge is 0.161 e. The van der Waals surface area contributed by atoms with Gasteiger partial charge in [-0.2, -0.15) is 0 Å². The van der Waals surface area contributed by atoms with Crippen LogP contribution in [0, 0.1) is 6.92 Å². The van der Waals surface area contributed by atoms with Crippen LogP contribution in [0.2, 0.25) is 5.02 Å². The number of anilines is 2. The number of pyridine rings is 1. The van der Waals surface area contributed by atoms with Crippen molar-refractivity contribution < 1.29 is 4.74 Å². The Kier molecular flexibility index (Phi) is 6.71. The van der Waals surface area contributed by atoms with Gasteiger partial charge in [-0.25, -0.2) is 15.0 Å². The first-order valence-corrected chi connectivity index (χ1v) is 11.9. The van der Waals surface area contributed by atoms with Crippen LogP contribution in [0.5, 0.6) is 0 Å². The maximum absolute atomic E-state index is 6.27. The predicted molar refractivity (Wildman–Crippen MR) is 132 cm³/mol. The normalized spacial score (nSPS) is 17.4. The van der Waals surface area contributed by atoms with E-state index in [-0.39, 0.29) is 0 Å². The summed E-state index contributed by atoms with van der Waals surface area (Å²) in [5.41, 5.74) is 3.18. The minimum absolute atomic E-state index is 0.690. The first-order chi connectivity index (χ1) is 16.2. The van der Waals surface area contributed by atoms with Gasteiger partial charge in [0.2, 0.25) is 0 Å². The molecule has 0 amide bonds. The van der Waals surface area contributed by atoms with Gasteiger partial charge in [-0.1, -0.05) is 29.8 Å². The van der Waals surface area contributed by atoms with Gasteiger partial charge in [-0.15, -0.1) is 0 Å².